The van der Waals surface area contributed by atoms with Crippen LogP contribution in [0, 0.1) is 0 Å². The molecule has 1 aliphatic rings. The molecule has 0 saturated carbocycles. The highest BCUT2D eigenvalue weighted by Crippen LogP contribution is 2.20. The minimum absolute atomic E-state index is 0.172. The summed E-state index contributed by atoms with van der Waals surface area (Å²) in [4.78, 5) is 33.3. The van der Waals surface area contributed by atoms with E-state index in [-0.39, 0.29) is 11.4 Å². The molecule has 1 aliphatic heterocycles. The highest BCUT2D eigenvalue weighted by molar-refractivity contribution is 6.28. The van der Waals surface area contributed by atoms with Crippen LogP contribution in [0.1, 0.15) is 32.2 Å². The van der Waals surface area contributed by atoms with Gasteiger partial charge < -0.3 is 19.9 Å². The molecule has 10 heteroatoms. The molecular weight excluding hydrogens is 454 g/mol. The molecule has 1 saturated heterocycles. The summed E-state index contributed by atoms with van der Waals surface area (Å²) < 4.78 is 5.48. The van der Waals surface area contributed by atoms with Gasteiger partial charge in [0.05, 0.1) is 0 Å². The zero-order valence-corrected chi connectivity index (χ0v) is 20.3. The molecule has 3 heterocycles. The average Bonchev–Trinajstić information content (AvgIpc) is 2.79. The van der Waals surface area contributed by atoms with Crippen molar-refractivity contribution in [2.45, 2.75) is 32.8 Å². The molecule has 1 N–H and O–H groups in total. The van der Waals surface area contributed by atoms with Crippen LogP contribution in [0.4, 0.5) is 22.1 Å². The first-order chi connectivity index (χ1) is 16.2. The number of hydrogen-bond donors (Lipinski definition) is 1. The summed E-state index contributed by atoms with van der Waals surface area (Å²) in [5.74, 6) is 1.91. The number of anilines is 3. The van der Waals surface area contributed by atoms with Crippen LogP contribution >= 0.6 is 11.6 Å². The number of ether oxygens (including phenoxy) is 1. The number of carbonyl (C=O) groups excluding carboxylic acids is 1. The van der Waals surface area contributed by atoms with E-state index in [4.69, 9.17) is 16.3 Å². The van der Waals surface area contributed by atoms with Crippen molar-refractivity contribution in [1.29, 1.82) is 0 Å². The van der Waals surface area contributed by atoms with Gasteiger partial charge in [-0.3, -0.25) is 0 Å². The Balaban J connectivity index is 1.33. The highest BCUT2D eigenvalue weighted by Gasteiger charge is 2.25. The van der Waals surface area contributed by atoms with Gasteiger partial charge in [-0.15, -0.1) is 0 Å². The summed E-state index contributed by atoms with van der Waals surface area (Å²) in [5, 5.41) is 3.29. The first-order valence-electron chi connectivity index (χ1n) is 11.1. The van der Waals surface area contributed by atoms with Gasteiger partial charge in [0.1, 0.15) is 23.1 Å². The molecule has 0 spiro atoms. The normalized spacial score (nSPS) is 14.1. The Kier molecular flexibility index (Phi) is 7.12. The van der Waals surface area contributed by atoms with Crippen LogP contribution in [0.5, 0.6) is 0 Å². The van der Waals surface area contributed by atoms with Crippen molar-refractivity contribution >= 4 is 35.0 Å². The maximum Gasteiger partial charge on any atom is 0.410 e. The third kappa shape index (κ3) is 6.54. The average molecular weight is 482 g/mol. The molecule has 1 aromatic carbocycles. The Morgan fingerprint density at radius 1 is 0.971 bits per heavy atom. The number of hydrogen-bond acceptors (Lipinski definition) is 8. The lowest BCUT2D eigenvalue weighted by Crippen LogP contribution is -2.50. The molecule has 1 fully saturated rings. The highest BCUT2D eigenvalue weighted by atomic mass is 35.5. The van der Waals surface area contributed by atoms with E-state index in [2.05, 4.69) is 54.4 Å². The Morgan fingerprint density at radius 2 is 1.62 bits per heavy atom. The zero-order valence-electron chi connectivity index (χ0n) is 19.5. The summed E-state index contributed by atoms with van der Waals surface area (Å²) >= 11 is 5.84. The molecular formula is C24H28ClN7O2. The standard InChI is InChI=1S/C24H28ClN7O2/c1-24(2,3)34-23(33)32-14-12-31(13-15-32)18-6-4-17(5-7-18)16-21-26-10-8-19(29-21)28-20-9-11-27-22(25)30-20/h4-11H,12-16H2,1-3H3,(H,26,27,28,29,30). The van der Waals surface area contributed by atoms with Gasteiger partial charge in [-0.2, -0.15) is 0 Å². The van der Waals surface area contributed by atoms with Crippen LogP contribution in [-0.2, 0) is 11.2 Å². The number of halogens is 1. The van der Waals surface area contributed by atoms with Crippen LogP contribution in [0.2, 0.25) is 5.28 Å². The van der Waals surface area contributed by atoms with Crippen molar-refractivity contribution in [2.75, 3.05) is 36.4 Å². The largest absolute Gasteiger partial charge is 0.444 e. The van der Waals surface area contributed by atoms with Crippen molar-refractivity contribution in [3.8, 4) is 0 Å². The van der Waals surface area contributed by atoms with E-state index in [1.807, 2.05) is 20.8 Å². The number of rotatable bonds is 5. The van der Waals surface area contributed by atoms with Gasteiger partial charge >= 0.3 is 6.09 Å². The molecule has 0 atom stereocenters. The first kappa shape index (κ1) is 23.7. The Bertz CT molecular complexity index is 1130. The molecule has 4 rings (SSSR count). The van der Waals surface area contributed by atoms with Crippen molar-refractivity contribution in [3.63, 3.8) is 0 Å². The molecule has 0 bridgehead atoms. The lowest BCUT2D eigenvalue weighted by molar-refractivity contribution is 0.0240. The first-order valence-corrected chi connectivity index (χ1v) is 11.5. The SMILES string of the molecule is CC(C)(C)OC(=O)N1CCN(c2ccc(Cc3nccc(Nc4ccnc(Cl)n4)n3)cc2)CC1. The van der Waals surface area contributed by atoms with E-state index in [9.17, 15) is 4.79 Å². The summed E-state index contributed by atoms with van der Waals surface area (Å²) in [6.45, 7) is 8.47. The van der Waals surface area contributed by atoms with Crippen LogP contribution in [0.15, 0.2) is 48.8 Å². The fourth-order valence-corrected chi connectivity index (χ4v) is 3.72. The fourth-order valence-electron chi connectivity index (χ4n) is 3.57. The Hall–Kier alpha value is -3.46. The van der Waals surface area contributed by atoms with E-state index in [1.165, 1.54) is 0 Å². The van der Waals surface area contributed by atoms with E-state index in [0.29, 0.717) is 37.0 Å². The lowest BCUT2D eigenvalue weighted by Gasteiger charge is -2.36. The van der Waals surface area contributed by atoms with Gasteiger partial charge in [0.25, 0.3) is 0 Å². The molecule has 0 unspecified atom stereocenters. The third-order valence-corrected chi connectivity index (χ3v) is 5.36. The van der Waals surface area contributed by atoms with Crippen LogP contribution < -0.4 is 10.2 Å². The molecule has 9 nitrogen and oxygen atoms in total. The zero-order chi connectivity index (χ0) is 24.1. The topological polar surface area (TPSA) is 96.4 Å². The van der Waals surface area contributed by atoms with Crippen molar-refractivity contribution in [3.05, 3.63) is 65.5 Å². The van der Waals surface area contributed by atoms with Gasteiger partial charge in [0.2, 0.25) is 5.28 Å². The molecule has 34 heavy (non-hydrogen) atoms. The second kappa shape index (κ2) is 10.2. The van der Waals surface area contributed by atoms with Gasteiger partial charge in [0, 0.05) is 50.7 Å². The van der Waals surface area contributed by atoms with E-state index in [1.54, 1.807) is 29.4 Å². The van der Waals surface area contributed by atoms with Crippen molar-refractivity contribution in [1.82, 2.24) is 24.8 Å². The third-order valence-electron chi connectivity index (χ3n) is 5.18. The van der Waals surface area contributed by atoms with Gasteiger partial charge in [-0.25, -0.2) is 24.7 Å². The summed E-state index contributed by atoms with van der Waals surface area (Å²) in [5.41, 5.74) is 1.76. The molecule has 2 aromatic heterocycles. The van der Waals surface area contributed by atoms with Gasteiger partial charge in [-0.1, -0.05) is 12.1 Å². The van der Waals surface area contributed by atoms with Crippen LogP contribution in [0.3, 0.4) is 0 Å². The van der Waals surface area contributed by atoms with E-state index >= 15 is 0 Å². The smallest absolute Gasteiger partial charge is 0.410 e. The second-order valence-corrected chi connectivity index (χ2v) is 9.33. The maximum atomic E-state index is 12.3. The molecule has 178 valence electrons. The minimum Gasteiger partial charge on any atom is -0.444 e. The molecule has 0 radical (unpaired) electrons. The van der Waals surface area contributed by atoms with Gasteiger partial charge in [0.15, 0.2) is 0 Å². The number of nitrogens with zero attached hydrogens (tertiary/aromatic N) is 6. The quantitative estimate of drug-likeness (QED) is 0.538. The molecule has 3 aromatic rings. The van der Waals surface area contributed by atoms with E-state index < -0.39 is 5.60 Å². The number of amides is 1. The predicted molar refractivity (Wildman–Crippen MR) is 132 cm³/mol. The lowest BCUT2D eigenvalue weighted by atomic mass is 10.1. The van der Waals surface area contributed by atoms with E-state index in [0.717, 1.165) is 24.3 Å². The Labute approximate surface area is 204 Å². The molecule has 0 aliphatic carbocycles. The minimum atomic E-state index is -0.479. The predicted octanol–water partition coefficient (Wildman–Crippen LogP) is 4.31. The number of nitrogens with one attached hydrogen (secondary N) is 1. The molecule has 1 amide bonds. The van der Waals surface area contributed by atoms with Crippen LogP contribution in [-0.4, -0.2) is 62.7 Å². The maximum absolute atomic E-state index is 12.3. The fraction of sp³-hybridized carbons (Fsp3) is 0.375. The Morgan fingerprint density at radius 3 is 2.26 bits per heavy atom. The number of benzene rings is 1. The summed E-state index contributed by atoms with van der Waals surface area (Å²) in [7, 11) is 0. The number of piperazine rings is 1. The summed E-state index contributed by atoms with van der Waals surface area (Å²) in [6.07, 6.45) is 3.65. The van der Waals surface area contributed by atoms with Crippen molar-refractivity contribution in [2.24, 2.45) is 0 Å². The van der Waals surface area contributed by atoms with Gasteiger partial charge in [-0.05, 0) is 62.2 Å². The number of carbonyl (C=O) groups is 1. The van der Waals surface area contributed by atoms with Crippen LogP contribution in [0.25, 0.3) is 0 Å². The monoisotopic (exact) mass is 481 g/mol. The summed E-state index contributed by atoms with van der Waals surface area (Å²) in [6, 6.07) is 11.9. The number of aromatic nitrogens is 4. The second-order valence-electron chi connectivity index (χ2n) is 8.99. The van der Waals surface area contributed by atoms with Crippen molar-refractivity contribution < 1.29 is 9.53 Å².